The van der Waals surface area contributed by atoms with E-state index in [-0.39, 0.29) is 39.0 Å². The van der Waals surface area contributed by atoms with E-state index in [1.54, 1.807) is 18.2 Å². The van der Waals surface area contributed by atoms with Gasteiger partial charge < -0.3 is 10.2 Å². The minimum Gasteiger partial charge on any atom is -0.354 e. The lowest BCUT2D eigenvalue weighted by molar-refractivity contribution is -0.139. The zero-order chi connectivity index (χ0) is 29.3. The van der Waals surface area contributed by atoms with E-state index >= 15 is 0 Å². The Hall–Kier alpha value is -3.07. The Labute approximate surface area is 247 Å². The normalized spacial score (nSPS) is 12.2. The predicted octanol–water partition coefficient (Wildman–Crippen LogP) is 5.81. The molecule has 0 heterocycles. The van der Waals surface area contributed by atoms with Crippen molar-refractivity contribution in [2.75, 3.05) is 23.9 Å². The van der Waals surface area contributed by atoms with Gasteiger partial charge in [-0.05, 0) is 54.7 Å². The minimum atomic E-state index is -4.19. The highest BCUT2D eigenvalue weighted by atomic mass is 35.5. The smallest absolute Gasteiger partial charge is 0.264 e. The molecule has 0 aromatic heterocycles. The first kappa shape index (κ1) is 31.5. The van der Waals surface area contributed by atoms with Crippen LogP contribution >= 0.6 is 23.2 Å². The number of hydrogen-bond donors (Lipinski definition) is 1. The first-order chi connectivity index (χ1) is 19.0. The highest BCUT2D eigenvalue weighted by Gasteiger charge is 2.33. The van der Waals surface area contributed by atoms with Crippen molar-refractivity contribution < 1.29 is 18.0 Å². The Balaban J connectivity index is 2.01. The van der Waals surface area contributed by atoms with Gasteiger partial charge in [0.2, 0.25) is 11.8 Å². The maximum Gasteiger partial charge on any atom is 0.264 e. The van der Waals surface area contributed by atoms with E-state index in [9.17, 15) is 18.0 Å². The number of amides is 2. The number of nitrogens with zero attached hydrogens (tertiary/aromatic N) is 2. The Morgan fingerprint density at radius 3 is 2.02 bits per heavy atom. The van der Waals surface area contributed by atoms with E-state index in [2.05, 4.69) is 5.32 Å². The van der Waals surface area contributed by atoms with Crippen molar-refractivity contribution >= 4 is 50.7 Å². The van der Waals surface area contributed by atoms with Crippen LogP contribution in [0.5, 0.6) is 0 Å². The third-order valence-corrected chi connectivity index (χ3v) is 8.52. The number of nitrogens with one attached hydrogen (secondary N) is 1. The van der Waals surface area contributed by atoms with Crippen molar-refractivity contribution in [2.45, 2.75) is 44.6 Å². The molecule has 2 amide bonds. The van der Waals surface area contributed by atoms with Gasteiger partial charge in [0, 0.05) is 23.1 Å². The Kier molecular flexibility index (Phi) is 11.4. The number of carbonyl (C=O) groups excluding carboxylic acids is 2. The molecule has 0 radical (unpaired) electrons. The number of anilines is 1. The van der Waals surface area contributed by atoms with Crippen LogP contribution < -0.4 is 9.62 Å². The number of sulfonamides is 1. The molecule has 0 fully saturated rings. The SMILES string of the molecule is CC[C@H](C(=O)NCC(C)C)N(CCc1ccccc1)C(=O)CN(c1cc(Cl)cc(Cl)c1)S(=O)(=O)c1ccccc1. The van der Waals surface area contributed by atoms with Gasteiger partial charge in [-0.25, -0.2) is 8.42 Å². The minimum absolute atomic E-state index is 0.0106. The fourth-order valence-corrected chi connectivity index (χ4v) is 6.18. The molecule has 3 aromatic rings. The van der Waals surface area contributed by atoms with E-state index in [4.69, 9.17) is 23.2 Å². The summed E-state index contributed by atoms with van der Waals surface area (Å²) in [6.07, 6.45) is 0.855. The van der Waals surface area contributed by atoms with Crippen LogP contribution in [0.3, 0.4) is 0 Å². The standard InChI is InChI=1S/C30H35Cl2N3O4S/c1-4-28(30(37)33-20-22(2)3)34(16-15-23-11-7-5-8-12-23)29(36)21-35(26-18-24(31)17-25(32)19-26)40(38,39)27-13-9-6-10-14-27/h5-14,17-19,22,28H,4,15-16,20-21H2,1-3H3,(H,33,37)/t28-/m1/s1. The highest BCUT2D eigenvalue weighted by Crippen LogP contribution is 2.30. The molecule has 10 heteroatoms. The van der Waals surface area contributed by atoms with E-state index < -0.39 is 28.5 Å². The summed E-state index contributed by atoms with van der Waals surface area (Å²) in [6.45, 7) is 5.95. The molecular formula is C30H35Cl2N3O4S. The van der Waals surface area contributed by atoms with E-state index in [0.29, 0.717) is 19.4 Å². The lowest BCUT2D eigenvalue weighted by atomic mass is 10.1. The molecule has 1 N–H and O–H groups in total. The van der Waals surface area contributed by atoms with Crippen LogP contribution in [0.25, 0.3) is 0 Å². The number of benzene rings is 3. The molecule has 0 aliphatic heterocycles. The molecule has 0 unspecified atom stereocenters. The van der Waals surface area contributed by atoms with Crippen LogP contribution in [0.1, 0.15) is 32.8 Å². The molecule has 0 aliphatic rings. The second kappa shape index (κ2) is 14.5. The fourth-order valence-electron chi connectivity index (χ4n) is 4.25. The van der Waals surface area contributed by atoms with Crippen molar-refractivity contribution in [3.63, 3.8) is 0 Å². The van der Waals surface area contributed by atoms with Crippen molar-refractivity contribution in [3.8, 4) is 0 Å². The number of carbonyl (C=O) groups is 2. The van der Waals surface area contributed by atoms with E-state index in [0.717, 1.165) is 9.87 Å². The monoisotopic (exact) mass is 603 g/mol. The molecule has 3 aromatic carbocycles. The highest BCUT2D eigenvalue weighted by molar-refractivity contribution is 7.92. The van der Waals surface area contributed by atoms with Gasteiger partial charge in [0.1, 0.15) is 12.6 Å². The van der Waals surface area contributed by atoms with Crippen LogP contribution in [0.2, 0.25) is 10.0 Å². The molecule has 7 nitrogen and oxygen atoms in total. The molecule has 0 bridgehead atoms. The van der Waals surface area contributed by atoms with Crippen molar-refractivity contribution in [3.05, 3.63) is 94.5 Å². The van der Waals surface area contributed by atoms with Crippen LogP contribution in [0, 0.1) is 5.92 Å². The quantitative estimate of drug-likeness (QED) is 0.267. The zero-order valence-electron chi connectivity index (χ0n) is 22.9. The largest absolute Gasteiger partial charge is 0.354 e. The molecule has 0 saturated heterocycles. The molecule has 214 valence electrons. The average molecular weight is 605 g/mol. The number of hydrogen-bond acceptors (Lipinski definition) is 4. The first-order valence-electron chi connectivity index (χ1n) is 13.2. The van der Waals surface area contributed by atoms with Crippen LogP contribution in [0.4, 0.5) is 5.69 Å². The van der Waals surface area contributed by atoms with Gasteiger partial charge in [-0.3, -0.25) is 13.9 Å². The third-order valence-electron chi connectivity index (χ3n) is 6.30. The summed E-state index contributed by atoms with van der Waals surface area (Å²) < 4.78 is 28.7. The lowest BCUT2D eigenvalue weighted by Gasteiger charge is -2.33. The second-order valence-electron chi connectivity index (χ2n) is 9.84. The molecule has 0 saturated carbocycles. The van der Waals surface area contributed by atoms with Gasteiger partial charge in [0.25, 0.3) is 10.0 Å². The number of rotatable bonds is 13. The fraction of sp³-hybridized carbons (Fsp3) is 0.333. The third kappa shape index (κ3) is 8.46. The summed E-state index contributed by atoms with van der Waals surface area (Å²) >= 11 is 12.5. The summed E-state index contributed by atoms with van der Waals surface area (Å²) in [4.78, 5) is 28.7. The summed E-state index contributed by atoms with van der Waals surface area (Å²) in [6, 6.07) is 21.1. The first-order valence-corrected chi connectivity index (χ1v) is 15.4. The summed E-state index contributed by atoms with van der Waals surface area (Å²) in [5.74, 6) is -0.562. The maximum absolute atomic E-state index is 14.0. The predicted molar refractivity (Wildman–Crippen MR) is 161 cm³/mol. The summed E-state index contributed by atoms with van der Waals surface area (Å²) in [5.41, 5.74) is 1.14. The Morgan fingerprint density at radius 1 is 0.900 bits per heavy atom. The topological polar surface area (TPSA) is 86.8 Å². The van der Waals surface area contributed by atoms with Gasteiger partial charge in [-0.1, -0.05) is 92.5 Å². The summed E-state index contributed by atoms with van der Waals surface area (Å²) in [7, 11) is -4.19. The Bertz CT molecular complexity index is 1370. The van der Waals surface area contributed by atoms with E-state index in [1.807, 2.05) is 51.1 Å². The molecule has 1 atom stereocenters. The van der Waals surface area contributed by atoms with Gasteiger partial charge in [0.15, 0.2) is 0 Å². The van der Waals surface area contributed by atoms with Gasteiger partial charge in [-0.15, -0.1) is 0 Å². The van der Waals surface area contributed by atoms with Crippen LogP contribution in [-0.2, 0) is 26.0 Å². The molecule has 3 rings (SSSR count). The molecular weight excluding hydrogens is 569 g/mol. The lowest BCUT2D eigenvalue weighted by Crippen LogP contribution is -2.53. The number of halogens is 2. The van der Waals surface area contributed by atoms with Crippen molar-refractivity contribution in [2.24, 2.45) is 5.92 Å². The molecule has 0 spiro atoms. The van der Waals surface area contributed by atoms with E-state index in [1.165, 1.54) is 35.2 Å². The van der Waals surface area contributed by atoms with Gasteiger partial charge in [-0.2, -0.15) is 0 Å². The van der Waals surface area contributed by atoms with Crippen LogP contribution in [0.15, 0.2) is 83.8 Å². The van der Waals surface area contributed by atoms with Gasteiger partial charge >= 0.3 is 0 Å². The Morgan fingerprint density at radius 2 is 1.48 bits per heavy atom. The van der Waals surface area contributed by atoms with Crippen molar-refractivity contribution in [1.29, 1.82) is 0 Å². The molecule has 0 aliphatic carbocycles. The van der Waals surface area contributed by atoms with Crippen LogP contribution in [-0.4, -0.2) is 50.8 Å². The molecule has 40 heavy (non-hydrogen) atoms. The average Bonchev–Trinajstić information content (AvgIpc) is 2.92. The van der Waals surface area contributed by atoms with Gasteiger partial charge in [0.05, 0.1) is 10.6 Å². The van der Waals surface area contributed by atoms with Crippen molar-refractivity contribution in [1.82, 2.24) is 10.2 Å². The maximum atomic E-state index is 14.0. The second-order valence-corrected chi connectivity index (χ2v) is 12.6. The summed E-state index contributed by atoms with van der Waals surface area (Å²) in [5, 5.41) is 3.37. The zero-order valence-corrected chi connectivity index (χ0v) is 25.2.